The lowest BCUT2D eigenvalue weighted by Crippen LogP contribution is -2.36. The molecule has 3 rings (SSSR count). The molecule has 7 heteroatoms. The molecule has 0 unspecified atom stereocenters. The van der Waals surface area contributed by atoms with E-state index in [1.165, 1.54) is 0 Å². The van der Waals surface area contributed by atoms with Gasteiger partial charge in [0.05, 0.1) is 28.9 Å². The molecule has 24 heavy (non-hydrogen) atoms. The van der Waals surface area contributed by atoms with Gasteiger partial charge in [0.15, 0.2) is 0 Å². The van der Waals surface area contributed by atoms with Crippen LogP contribution in [0.25, 0.3) is 11.1 Å². The monoisotopic (exact) mass is 327 g/mol. The van der Waals surface area contributed by atoms with Crippen LogP contribution in [0.5, 0.6) is 0 Å². The van der Waals surface area contributed by atoms with Gasteiger partial charge < -0.3 is 9.84 Å². The molecule has 0 spiro atoms. The minimum Gasteiger partial charge on any atom is -0.348 e. The van der Waals surface area contributed by atoms with Crippen molar-refractivity contribution in [1.82, 2.24) is 25.2 Å². The average Bonchev–Trinajstić information content (AvgIpc) is 3.01. The number of pyridine rings is 1. The van der Waals surface area contributed by atoms with Crippen LogP contribution in [0.4, 0.5) is 0 Å². The normalized spacial score (nSPS) is 12.5. The van der Waals surface area contributed by atoms with E-state index in [2.05, 4.69) is 20.6 Å². The van der Waals surface area contributed by atoms with Crippen molar-refractivity contribution in [3.63, 3.8) is 0 Å². The molecule has 0 saturated carbocycles. The van der Waals surface area contributed by atoms with Crippen LogP contribution < -0.4 is 5.32 Å². The third-order valence-electron chi connectivity index (χ3n) is 3.92. The maximum absolute atomic E-state index is 12.7. The van der Waals surface area contributed by atoms with Crippen molar-refractivity contribution >= 4 is 17.0 Å². The van der Waals surface area contributed by atoms with E-state index in [0.29, 0.717) is 28.9 Å². The van der Waals surface area contributed by atoms with Gasteiger partial charge in [0.25, 0.3) is 11.6 Å². The molecule has 0 aliphatic rings. The first-order valence-corrected chi connectivity index (χ1v) is 7.90. The van der Waals surface area contributed by atoms with Crippen LogP contribution in [-0.2, 0) is 6.54 Å². The summed E-state index contributed by atoms with van der Waals surface area (Å²) in [6, 6.07) is 3.71. The van der Waals surface area contributed by atoms with Crippen molar-refractivity contribution < 1.29 is 9.32 Å². The second-order valence-electron chi connectivity index (χ2n) is 6.24. The lowest BCUT2D eigenvalue weighted by Gasteiger charge is -2.15. The SMILES string of the molecule is Cc1cc(C(=O)N[C@H](C)Cn2nc(C)cc2C)c2c(C)noc2n1. The van der Waals surface area contributed by atoms with Gasteiger partial charge in [0.1, 0.15) is 0 Å². The summed E-state index contributed by atoms with van der Waals surface area (Å²) in [5.74, 6) is -0.161. The quantitative estimate of drug-likeness (QED) is 0.795. The number of carbonyl (C=O) groups excluding carboxylic acids is 1. The molecule has 0 radical (unpaired) electrons. The smallest absolute Gasteiger partial charge is 0.258 e. The Morgan fingerprint density at radius 2 is 2.00 bits per heavy atom. The Morgan fingerprint density at radius 3 is 2.67 bits per heavy atom. The Bertz CT molecular complexity index is 909. The Labute approximate surface area is 140 Å². The summed E-state index contributed by atoms with van der Waals surface area (Å²) in [7, 11) is 0. The first-order chi connectivity index (χ1) is 11.3. The molecular formula is C17H21N5O2. The highest BCUT2D eigenvalue weighted by Crippen LogP contribution is 2.21. The molecule has 0 bridgehead atoms. The highest BCUT2D eigenvalue weighted by molar-refractivity contribution is 6.06. The van der Waals surface area contributed by atoms with Gasteiger partial charge >= 0.3 is 0 Å². The maximum Gasteiger partial charge on any atom is 0.258 e. The molecule has 1 amide bonds. The van der Waals surface area contributed by atoms with Gasteiger partial charge in [-0.15, -0.1) is 0 Å². The Kier molecular flexibility index (Phi) is 4.09. The van der Waals surface area contributed by atoms with Gasteiger partial charge in [-0.2, -0.15) is 5.10 Å². The molecule has 3 aromatic rings. The summed E-state index contributed by atoms with van der Waals surface area (Å²) in [5, 5.41) is 12.0. The standard InChI is InChI=1S/C17H21N5O2/c1-9-7-14(15-13(5)21-24-17(15)19-9)16(23)18-11(3)8-22-12(4)6-10(2)20-22/h6-7,11H,8H2,1-5H3,(H,18,23)/t11-/m1/s1. The second kappa shape index (κ2) is 6.07. The van der Waals surface area contributed by atoms with E-state index in [-0.39, 0.29) is 11.9 Å². The number of amides is 1. The van der Waals surface area contributed by atoms with E-state index in [1.807, 2.05) is 38.4 Å². The maximum atomic E-state index is 12.7. The van der Waals surface area contributed by atoms with E-state index < -0.39 is 0 Å². The van der Waals surface area contributed by atoms with Gasteiger partial charge in [0.2, 0.25) is 0 Å². The fourth-order valence-corrected chi connectivity index (χ4v) is 2.86. The number of nitrogens with one attached hydrogen (secondary N) is 1. The zero-order valence-electron chi connectivity index (χ0n) is 14.5. The molecule has 7 nitrogen and oxygen atoms in total. The fourth-order valence-electron chi connectivity index (χ4n) is 2.86. The molecule has 1 N–H and O–H groups in total. The number of fused-ring (bicyclic) bond motifs is 1. The molecule has 126 valence electrons. The van der Waals surface area contributed by atoms with E-state index in [0.717, 1.165) is 17.1 Å². The van der Waals surface area contributed by atoms with Crippen molar-refractivity contribution in [3.8, 4) is 0 Å². The first-order valence-electron chi connectivity index (χ1n) is 7.90. The molecular weight excluding hydrogens is 306 g/mol. The second-order valence-corrected chi connectivity index (χ2v) is 6.24. The molecule has 0 aliphatic carbocycles. The van der Waals surface area contributed by atoms with E-state index in [4.69, 9.17) is 4.52 Å². The van der Waals surface area contributed by atoms with Crippen LogP contribution in [-0.4, -0.2) is 31.9 Å². The topological polar surface area (TPSA) is 85.8 Å². The van der Waals surface area contributed by atoms with Crippen LogP contribution in [0.2, 0.25) is 0 Å². The Hall–Kier alpha value is -2.70. The minimum absolute atomic E-state index is 0.0702. The van der Waals surface area contributed by atoms with Gasteiger partial charge in [-0.1, -0.05) is 5.16 Å². The van der Waals surface area contributed by atoms with Crippen molar-refractivity contribution in [2.45, 2.75) is 47.2 Å². The van der Waals surface area contributed by atoms with Gasteiger partial charge in [0, 0.05) is 17.4 Å². The van der Waals surface area contributed by atoms with Gasteiger partial charge in [-0.25, -0.2) is 4.98 Å². The molecule has 0 aromatic carbocycles. The fraction of sp³-hybridized carbons (Fsp3) is 0.412. The predicted molar refractivity (Wildman–Crippen MR) is 89.9 cm³/mol. The largest absolute Gasteiger partial charge is 0.348 e. The molecule has 1 atom stereocenters. The summed E-state index contributed by atoms with van der Waals surface area (Å²) in [4.78, 5) is 17.0. The predicted octanol–water partition coefficient (Wildman–Crippen LogP) is 2.47. The number of aryl methyl sites for hydroxylation is 4. The zero-order valence-corrected chi connectivity index (χ0v) is 14.5. The summed E-state index contributed by atoms with van der Waals surface area (Å²) in [6.07, 6.45) is 0. The lowest BCUT2D eigenvalue weighted by atomic mass is 10.1. The number of rotatable bonds is 4. The molecule has 0 saturated heterocycles. The molecule has 0 fully saturated rings. The van der Waals surface area contributed by atoms with Crippen LogP contribution in [0.1, 0.15) is 40.1 Å². The minimum atomic E-state index is -0.161. The van der Waals surface area contributed by atoms with E-state index in [1.54, 1.807) is 13.0 Å². The number of aromatic nitrogens is 4. The Morgan fingerprint density at radius 1 is 1.25 bits per heavy atom. The number of carbonyl (C=O) groups is 1. The third kappa shape index (κ3) is 3.02. The molecule has 3 heterocycles. The van der Waals surface area contributed by atoms with Crippen molar-refractivity contribution in [2.75, 3.05) is 0 Å². The number of hydrogen-bond donors (Lipinski definition) is 1. The van der Waals surface area contributed by atoms with Crippen molar-refractivity contribution in [3.05, 3.63) is 40.5 Å². The first kappa shape index (κ1) is 16.2. The van der Waals surface area contributed by atoms with Crippen molar-refractivity contribution in [2.24, 2.45) is 0 Å². The van der Waals surface area contributed by atoms with Crippen LogP contribution in [0, 0.1) is 27.7 Å². The summed E-state index contributed by atoms with van der Waals surface area (Å²) in [5.41, 5.74) is 4.35. The highest BCUT2D eigenvalue weighted by atomic mass is 16.5. The zero-order chi connectivity index (χ0) is 17.4. The third-order valence-corrected chi connectivity index (χ3v) is 3.92. The van der Waals surface area contributed by atoms with Crippen LogP contribution in [0.3, 0.4) is 0 Å². The average molecular weight is 327 g/mol. The van der Waals surface area contributed by atoms with Gasteiger partial charge in [-0.3, -0.25) is 9.48 Å². The van der Waals surface area contributed by atoms with E-state index >= 15 is 0 Å². The summed E-state index contributed by atoms with van der Waals surface area (Å²) in [6.45, 7) is 10.2. The van der Waals surface area contributed by atoms with Crippen molar-refractivity contribution in [1.29, 1.82) is 0 Å². The van der Waals surface area contributed by atoms with E-state index in [9.17, 15) is 4.79 Å². The van der Waals surface area contributed by atoms with Gasteiger partial charge in [-0.05, 0) is 46.8 Å². The summed E-state index contributed by atoms with van der Waals surface area (Å²) >= 11 is 0. The molecule has 3 aromatic heterocycles. The van der Waals surface area contributed by atoms with Crippen LogP contribution in [0.15, 0.2) is 16.7 Å². The lowest BCUT2D eigenvalue weighted by molar-refractivity contribution is 0.0937. The Balaban J connectivity index is 1.82. The number of hydrogen-bond acceptors (Lipinski definition) is 5. The summed E-state index contributed by atoms with van der Waals surface area (Å²) < 4.78 is 7.09. The number of nitrogens with zero attached hydrogens (tertiary/aromatic N) is 4. The highest BCUT2D eigenvalue weighted by Gasteiger charge is 2.19. The van der Waals surface area contributed by atoms with Crippen LogP contribution >= 0.6 is 0 Å². The molecule has 0 aliphatic heterocycles.